The molecule has 6 heteroatoms. The summed E-state index contributed by atoms with van der Waals surface area (Å²) in [6.45, 7) is 2.84. The van der Waals surface area contributed by atoms with Crippen molar-refractivity contribution in [1.29, 1.82) is 0 Å². The van der Waals surface area contributed by atoms with Crippen LogP contribution in [0.5, 0.6) is 0 Å². The predicted molar refractivity (Wildman–Crippen MR) is 79.5 cm³/mol. The van der Waals surface area contributed by atoms with Gasteiger partial charge >= 0.3 is 0 Å². The molecule has 0 fully saturated rings. The molecule has 1 heterocycles. The van der Waals surface area contributed by atoms with Crippen molar-refractivity contribution in [3.8, 4) is 0 Å². The van der Waals surface area contributed by atoms with Gasteiger partial charge in [-0.15, -0.1) is 0 Å². The van der Waals surface area contributed by atoms with Gasteiger partial charge in [-0.25, -0.2) is 0 Å². The lowest BCUT2D eigenvalue weighted by Gasteiger charge is -2.09. The van der Waals surface area contributed by atoms with Crippen LogP contribution < -0.4 is 10.6 Å². The first-order valence-corrected chi connectivity index (χ1v) is 6.96. The van der Waals surface area contributed by atoms with Crippen molar-refractivity contribution < 1.29 is 4.92 Å². The summed E-state index contributed by atoms with van der Waals surface area (Å²) < 4.78 is 0. The Bertz CT molecular complexity index is 555. The average Bonchev–Trinajstić information content (AvgIpc) is 2.89. The standard InChI is InChI=1S/C13H15N3O2S/c1-2-4-14-11-6-12(8-13(7-11)16(17)18)15-10-3-5-19-9-10/h3,5-9,14-15H,2,4H2,1H3. The summed E-state index contributed by atoms with van der Waals surface area (Å²) in [4.78, 5) is 10.6. The Balaban J connectivity index is 2.25. The van der Waals surface area contributed by atoms with Gasteiger partial charge in [0, 0.05) is 41.1 Å². The number of anilines is 3. The predicted octanol–water partition coefficient (Wildman–Crippen LogP) is 4.22. The summed E-state index contributed by atoms with van der Waals surface area (Å²) >= 11 is 1.58. The van der Waals surface area contributed by atoms with Gasteiger partial charge in [-0.05, 0) is 23.9 Å². The van der Waals surface area contributed by atoms with Crippen molar-refractivity contribution in [2.24, 2.45) is 0 Å². The van der Waals surface area contributed by atoms with E-state index < -0.39 is 0 Å². The molecule has 0 atom stereocenters. The molecule has 1 aromatic carbocycles. The molecule has 0 saturated heterocycles. The van der Waals surface area contributed by atoms with Gasteiger partial charge in [0.15, 0.2) is 0 Å². The van der Waals surface area contributed by atoms with E-state index >= 15 is 0 Å². The smallest absolute Gasteiger partial charge is 0.273 e. The van der Waals surface area contributed by atoms with Gasteiger partial charge in [0.1, 0.15) is 0 Å². The van der Waals surface area contributed by atoms with Crippen LogP contribution in [0.15, 0.2) is 35.0 Å². The van der Waals surface area contributed by atoms with E-state index in [9.17, 15) is 10.1 Å². The highest BCUT2D eigenvalue weighted by atomic mass is 32.1. The SMILES string of the molecule is CCCNc1cc(Nc2ccsc2)cc([N+](=O)[O-])c1. The lowest BCUT2D eigenvalue weighted by molar-refractivity contribution is -0.384. The van der Waals surface area contributed by atoms with Gasteiger partial charge in [-0.3, -0.25) is 10.1 Å². The number of nitrogens with zero attached hydrogens (tertiary/aromatic N) is 1. The molecule has 100 valence electrons. The van der Waals surface area contributed by atoms with Crippen molar-refractivity contribution in [3.63, 3.8) is 0 Å². The fraction of sp³-hybridized carbons (Fsp3) is 0.231. The molecule has 5 nitrogen and oxygen atoms in total. The molecule has 0 aliphatic carbocycles. The zero-order chi connectivity index (χ0) is 13.7. The van der Waals surface area contributed by atoms with Gasteiger partial charge in [-0.1, -0.05) is 6.92 Å². The fourth-order valence-corrected chi connectivity index (χ4v) is 2.25. The largest absolute Gasteiger partial charge is 0.385 e. The zero-order valence-electron chi connectivity index (χ0n) is 10.6. The van der Waals surface area contributed by atoms with Crippen LogP contribution in [0, 0.1) is 10.1 Å². The van der Waals surface area contributed by atoms with Crippen LogP contribution in [0.3, 0.4) is 0 Å². The number of non-ortho nitro benzene ring substituents is 1. The summed E-state index contributed by atoms with van der Waals surface area (Å²) in [5.41, 5.74) is 2.49. The topological polar surface area (TPSA) is 67.2 Å². The Hall–Kier alpha value is -2.08. The van der Waals surface area contributed by atoms with E-state index in [0.717, 1.165) is 24.3 Å². The van der Waals surface area contributed by atoms with Gasteiger partial charge in [-0.2, -0.15) is 11.3 Å². The Kier molecular flexibility index (Phi) is 4.35. The van der Waals surface area contributed by atoms with E-state index in [4.69, 9.17) is 0 Å². The number of thiophene rings is 1. The molecule has 0 saturated carbocycles. The first-order valence-electron chi connectivity index (χ1n) is 6.01. The van der Waals surface area contributed by atoms with Gasteiger partial charge < -0.3 is 10.6 Å². The molecule has 0 unspecified atom stereocenters. The zero-order valence-corrected chi connectivity index (χ0v) is 11.4. The number of nitrogens with one attached hydrogen (secondary N) is 2. The van der Waals surface area contributed by atoms with Crippen molar-refractivity contribution in [3.05, 3.63) is 45.1 Å². The Morgan fingerprint density at radius 3 is 2.68 bits per heavy atom. The third kappa shape index (κ3) is 3.69. The molecule has 2 N–H and O–H groups in total. The lowest BCUT2D eigenvalue weighted by Crippen LogP contribution is -2.01. The Morgan fingerprint density at radius 2 is 2.05 bits per heavy atom. The molecule has 1 aromatic heterocycles. The Morgan fingerprint density at radius 1 is 1.26 bits per heavy atom. The molecule has 2 aromatic rings. The van der Waals surface area contributed by atoms with Crippen LogP contribution in [0.2, 0.25) is 0 Å². The molecular weight excluding hydrogens is 262 g/mol. The summed E-state index contributed by atoms with van der Waals surface area (Å²) in [5, 5.41) is 21.2. The highest BCUT2D eigenvalue weighted by molar-refractivity contribution is 7.08. The number of nitro groups is 1. The number of rotatable bonds is 6. The second kappa shape index (κ2) is 6.19. The summed E-state index contributed by atoms with van der Waals surface area (Å²) in [5.74, 6) is 0. The number of hydrogen-bond donors (Lipinski definition) is 2. The molecule has 0 bridgehead atoms. The van der Waals surface area contributed by atoms with E-state index in [-0.39, 0.29) is 10.6 Å². The molecule has 19 heavy (non-hydrogen) atoms. The minimum Gasteiger partial charge on any atom is -0.385 e. The fourth-order valence-electron chi connectivity index (χ4n) is 1.66. The number of nitro benzene ring substituents is 1. The Labute approximate surface area is 115 Å². The van der Waals surface area contributed by atoms with Crippen molar-refractivity contribution >= 4 is 34.1 Å². The van der Waals surface area contributed by atoms with Crippen LogP contribution >= 0.6 is 11.3 Å². The normalized spacial score (nSPS) is 10.2. The maximum atomic E-state index is 10.9. The molecule has 0 spiro atoms. The summed E-state index contributed by atoms with van der Waals surface area (Å²) in [6.07, 6.45) is 0.968. The van der Waals surface area contributed by atoms with Crippen LogP contribution in [0.25, 0.3) is 0 Å². The van der Waals surface area contributed by atoms with Crippen molar-refractivity contribution in [1.82, 2.24) is 0 Å². The highest BCUT2D eigenvalue weighted by Crippen LogP contribution is 2.27. The van der Waals surface area contributed by atoms with Crippen molar-refractivity contribution in [2.75, 3.05) is 17.2 Å². The van der Waals surface area contributed by atoms with E-state index in [2.05, 4.69) is 17.6 Å². The maximum absolute atomic E-state index is 10.9. The highest BCUT2D eigenvalue weighted by Gasteiger charge is 2.10. The molecule has 0 amide bonds. The van der Waals surface area contributed by atoms with E-state index in [0.29, 0.717) is 5.69 Å². The minimum atomic E-state index is -0.379. The van der Waals surface area contributed by atoms with Crippen molar-refractivity contribution in [2.45, 2.75) is 13.3 Å². The summed E-state index contributed by atoms with van der Waals surface area (Å²) in [7, 11) is 0. The number of hydrogen-bond acceptors (Lipinski definition) is 5. The van der Waals surface area contributed by atoms with Gasteiger partial charge in [0.25, 0.3) is 5.69 Å². The first kappa shape index (κ1) is 13.4. The second-order valence-electron chi connectivity index (χ2n) is 4.09. The molecule has 2 rings (SSSR count). The van der Waals surface area contributed by atoms with E-state index in [1.165, 1.54) is 6.07 Å². The maximum Gasteiger partial charge on any atom is 0.273 e. The van der Waals surface area contributed by atoms with Crippen LogP contribution in [-0.2, 0) is 0 Å². The van der Waals surface area contributed by atoms with Crippen LogP contribution in [0.4, 0.5) is 22.7 Å². The van der Waals surface area contributed by atoms with E-state index in [1.54, 1.807) is 17.4 Å². The number of benzene rings is 1. The molecule has 0 aliphatic rings. The molecule has 0 radical (unpaired) electrons. The third-order valence-corrected chi connectivity index (χ3v) is 3.20. The van der Waals surface area contributed by atoms with Gasteiger partial charge in [0.2, 0.25) is 0 Å². The quantitative estimate of drug-likeness (QED) is 0.612. The monoisotopic (exact) mass is 277 g/mol. The van der Waals surface area contributed by atoms with E-state index in [1.807, 2.05) is 22.9 Å². The first-order chi connectivity index (χ1) is 9.19. The second-order valence-corrected chi connectivity index (χ2v) is 4.87. The average molecular weight is 277 g/mol. The lowest BCUT2D eigenvalue weighted by atomic mass is 10.2. The van der Waals surface area contributed by atoms with Crippen LogP contribution in [0.1, 0.15) is 13.3 Å². The third-order valence-electron chi connectivity index (χ3n) is 2.52. The van der Waals surface area contributed by atoms with Crippen LogP contribution in [-0.4, -0.2) is 11.5 Å². The van der Waals surface area contributed by atoms with Gasteiger partial charge in [0.05, 0.1) is 4.92 Å². The minimum absolute atomic E-state index is 0.0823. The summed E-state index contributed by atoms with van der Waals surface area (Å²) in [6, 6.07) is 6.90. The molecule has 0 aliphatic heterocycles. The molecular formula is C13H15N3O2S.